The highest BCUT2D eigenvalue weighted by molar-refractivity contribution is 6.04. The van der Waals surface area contributed by atoms with Gasteiger partial charge in [-0.25, -0.2) is 9.80 Å². The normalized spacial score (nSPS) is 18.4. The highest BCUT2D eigenvalue weighted by Gasteiger charge is 2.46. The molecule has 0 aromatic heterocycles. The summed E-state index contributed by atoms with van der Waals surface area (Å²) in [5.41, 5.74) is 0.904. The highest BCUT2D eigenvalue weighted by atomic mass is 16.2. The van der Waals surface area contributed by atoms with Gasteiger partial charge < -0.3 is 0 Å². The van der Waals surface area contributed by atoms with Crippen molar-refractivity contribution in [3.05, 3.63) is 35.9 Å². The Morgan fingerprint density at radius 3 is 2.46 bits per heavy atom. The van der Waals surface area contributed by atoms with Crippen molar-refractivity contribution in [3.63, 3.8) is 0 Å². The van der Waals surface area contributed by atoms with Crippen LogP contribution in [0.3, 0.4) is 0 Å². The van der Waals surface area contributed by atoms with Gasteiger partial charge in [-0.3, -0.25) is 9.69 Å². The molecule has 3 amide bonds. The summed E-state index contributed by atoms with van der Waals surface area (Å²) in [6, 6.07) is 8.77. The Morgan fingerprint density at radius 1 is 1.12 bits per heavy atom. The van der Waals surface area contributed by atoms with E-state index >= 15 is 0 Å². The van der Waals surface area contributed by atoms with Crippen LogP contribution in [0.25, 0.3) is 0 Å². The number of imide groups is 1. The number of hydrogen-bond acceptors (Lipinski definition) is 3. The summed E-state index contributed by atoms with van der Waals surface area (Å²) in [6.07, 6.45) is 5.78. The smallest absolute Gasteiger partial charge is 0.272 e. The topological polar surface area (TPSA) is 53.0 Å². The van der Waals surface area contributed by atoms with E-state index in [0.29, 0.717) is 6.54 Å². The van der Waals surface area contributed by atoms with Gasteiger partial charge in [0.15, 0.2) is 0 Å². The van der Waals surface area contributed by atoms with Crippen LogP contribution >= 0.6 is 0 Å². The summed E-state index contributed by atoms with van der Waals surface area (Å²) in [7, 11) is 0. The lowest BCUT2D eigenvalue weighted by Gasteiger charge is -2.18. The zero-order valence-corrected chi connectivity index (χ0v) is 14.8. The predicted octanol–water partition coefficient (Wildman–Crippen LogP) is 3.89. The molecule has 1 atom stereocenters. The molecule has 0 N–H and O–H groups in total. The molecule has 5 nitrogen and oxygen atoms in total. The number of amides is 3. The molecule has 0 saturated carbocycles. The highest BCUT2D eigenvalue weighted by Crippen LogP contribution is 2.24. The van der Waals surface area contributed by atoms with Gasteiger partial charge in [-0.1, -0.05) is 70.4 Å². The van der Waals surface area contributed by atoms with Gasteiger partial charge in [-0.15, -0.1) is 0 Å². The van der Waals surface area contributed by atoms with Crippen molar-refractivity contribution in [2.75, 3.05) is 6.54 Å². The monoisotopic (exact) mass is 329 g/mol. The number of hydrazone groups is 1. The van der Waals surface area contributed by atoms with Crippen LogP contribution in [-0.4, -0.2) is 40.6 Å². The SMILES string of the molecule is CCCCCCN1C(=O)[C@H](C(C)C)N(/N=C/c2ccccc2)C1=O. The molecule has 0 unspecified atom stereocenters. The summed E-state index contributed by atoms with van der Waals surface area (Å²) >= 11 is 0. The average molecular weight is 329 g/mol. The minimum atomic E-state index is -0.511. The summed E-state index contributed by atoms with van der Waals surface area (Å²) < 4.78 is 0. The van der Waals surface area contributed by atoms with Crippen molar-refractivity contribution in [2.45, 2.75) is 52.5 Å². The Labute approximate surface area is 144 Å². The van der Waals surface area contributed by atoms with Gasteiger partial charge in [0.1, 0.15) is 6.04 Å². The molecule has 1 aliphatic rings. The number of rotatable bonds is 8. The van der Waals surface area contributed by atoms with Crippen LogP contribution in [0.5, 0.6) is 0 Å². The van der Waals surface area contributed by atoms with Gasteiger partial charge >= 0.3 is 6.03 Å². The van der Waals surface area contributed by atoms with Crippen LogP contribution in [0, 0.1) is 5.92 Å². The van der Waals surface area contributed by atoms with E-state index in [2.05, 4.69) is 12.0 Å². The van der Waals surface area contributed by atoms with Crippen LogP contribution in [0.4, 0.5) is 4.79 Å². The third kappa shape index (κ3) is 4.22. The fourth-order valence-corrected chi connectivity index (χ4v) is 2.86. The van der Waals surface area contributed by atoms with Crippen molar-refractivity contribution in [3.8, 4) is 0 Å². The first kappa shape index (κ1) is 18.2. The van der Waals surface area contributed by atoms with Crippen LogP contribution in [0.2, 0.25) is 0 Å². The summed E-state index contributed by atoms with van der Waals surface area (Å²) in [6.45, 7) is 6.52. The minimum Gasteiger partial charge on any atom is -0.272 e. The first-order valence-electron chi connectivity index (χ1n) is 8.79. The molecular weight excluding hydrogens is 302 g/mol. The minimum absolute atomic E-state index is 0.0232. The van der Waals surface area contributed by atoms with Crippen LogP contribution in [0.1, 0.15) is 52.0 Å². The fourth-order valence-electron chi connectivity index (χ4n) is 2.86. The number of benzene rings is 1. The molecule has 2 rings (SSSR count). The number of carbonyl (C=O) groups excluding carboxylic acids is 2. The summed E-state index contributed by atoms with van der Waals surface area (Å²) in [5.74, 6) is -0.105. The molecule has 0 radical (unpaired) electrons. The molecule has 24 heavy (non-hydrogen) atoms. The Bertz CT molecular complexity index is 584. The van der Waals surface area contributed by atoms with Gasteiger partial charge in [-0.05, 0) is 17.9 Å². The largest absolute Gasteiger partial charge is 0.347 e. The molecule has 1 saturated heterocycles. The van der Waals surface area contributed by atoms with Gasteiger partial charge in [-0.2, -0.15) is 5.10 Å². The maximum Gasteiger partial charge on any atom is 0.347 e. The second kappa shape index (κ2) is 8.62. The van der Waals surface area contributed by atoms with Gasteiger partial charge in [0.05, 0.1) is 6.21 Å². The van der Waals surface area contributed by atoms with Gasteiger partial charge in [0.2, 0.25) is 0 Å². The second-order valence-electron chi connectivity index (χ2n) is 6.52. The molecule has 1 heterocycles. The van der Waals surface area contributed by atoms with E-state index < -0.39 is 6.04 Å². The Kier molecular flexibility index (Phi) is 6.53. The lowest BCUT2D eigenvalue weighted by atomic mass is 10.0. The van der Waals surface area contributed by atoms with E-state index in [1.54, 1.807) is 6.21 Å². The second-order valence-corrected chi connectivity index (χ2v) is 6.52. The Hall–Kier alpha value is -2.17. The molecule has 1 aromatic carbocycles. The molecular formula is C19H27N3O2. The molecule has 0 bridgehead atoms. The van der Waals surface area contributed by atoms with Crippen molar-refractivity contribution in [2.24, 2.45) is 11.0 Å². The van der Waals surface area contributed by atoms with E-state index in [1.165, 1.54) is 9.91 Å². The number of urea groups is 1. The quantitative estimate of drug-likeness (QED) is 0.413. The lowest BCUT2D eigenvalue weighted by Crippen LogP contribution is -2.35. The molecule has 5 heteroatoms. The number of nitrogens with zero attached hydrogens (tertiary/aromatic N) is 3. The third-order valence-corrected chi connectivity index (χ3v) is 4.21. The molecule has 1 fully saturated rings. The zero-order valence-electron chi connectivity index (χ0n) is 14.8. The standard InChI is InChI=1S/C19H27N3O2/c1-4-5-6-10-13-21-18(23)17(15(2)3)22(19(21)24)20-14-16-11-8-7-9-12-16/h7-9,11-12,14-15,17H,4-6,10,13H2,1-3H3/b20-14+/t17-/m0/s1. The van der Waals surface area contributed by atoms with Crippen molar-refractivity contribution >= 4 is 18.2 Å². The van der Waals surface area contributed by atoms with Crippen LogP contribution in [0.15, 0.2) is 35.4 Å². The predicted molar refractivity (Wildman–Crippen MR) is 95.8 cm³/mol. The maximum atomic E-state index is 12.6. The molecule has 0 aliphatic carbocycles. The zero-order chi connectivity index (χ0) is 17.5. The lowest BCUT2D eigenvalue weighted by molar-refractivity contribution is -0.129. The molecule has 1 aromatic rings. The van der Waals surface area contributed by atoms with Crippen molar-refractivity contribution in [1.82, 2.24) is 9.91 Å². The van der Waals surface area contributed by atoms with Crippen LogP contribution < -0.4 is 0 Å². The average Bonchev–Trinajstić information content (AvgIpc) is 2.81. The number of hydrogen-bond donors (Lipinski definition) is 0. The van der Waals surface area contributed by atoms with E-state index in [1.807, 2.05) is 44.2 Å². The number of unbranched alkanes of at least 4 members (excludes halogenated alkanes) is 3. The first-order chi connectivity index (χ1) is 11.6. The van der Waals surface area contributed by atoms with Gasteiger partial charge in [0, 0.05) is 6.54 Å². The molecule has 1 aliphatic heterocycles. The maximum absolute atomic E-state index is 12.6. The Balaban J connectivity index is 2.11. The van der Waals surface area contributed by atoms with E-state index in [0.717, 1.165) is 31.2 Å². The van der Waals surface area contributed by atoms with E-state index in [9.17, 15) is 9.59 Å². The Morgan fingerprint density at radius 2 is 1.83 bits per heavy atom. The summed E-state index contributed by atoms with van der Waals surface area (Å²) in [5, 5.41) is 5.67. The van der Waals surface area contributed by atoms with Crippen molar-refractivity contribution in [1.29, 1.82) is 0 Å². The molecule has 0 spiro atoms. The summed E-state index contributed by atoms with van der Waals surface area (Å²) in [4.78, 5) is 26.6. The fraction of sp³-hybridized carbons (Fsp3) is 0.526. The number of carbonyl (C=O) groups is 2. The third-order valence-electron chi connectivity index (χ3n) is 4.21. The molecule has 130 valence electrons. The van der Waals surface area contributed by atoms with E-state index in [4.69, 9.17) is 0 Å². The van der Waals surface area contributed by atoms with E-state index in [-0.39, 0.29) is 17.9 Å². The van der Waals surface area contributed by atoms with Gasteiger partial charge in [0.25, 0.3) is 5.91 Å². The van der Waals surface area contributed by atoms with Crippen LogP contribution in [-0.2, 0) is 4.79 Å². The first-order valence-corrected chi connectivity index (χ1v) is 8.79. The van der Waals surface area contributed by atoms with Crippen molar-refractivity contribution < 1.29 is 9.59 Å².